The zero-order valence-electron chi connectivity index (χ0n) is 23.7. The first-order valence-corrected chi connectivity index (χ1v) is 16.0. The van der Waals surface area contributed by atoms with Crippen LogP contribution >= 0.6 is 11.6 Å². The van der Waals surface area contributed by atoms with E-state index < -0.39 is 10.0 Å². The van der Waals surface area contributed by atoms with Crippen LogP contribution in [0.5, 0.6) is 5.75 Å². The summed E-state index contributed by atoms with van der Waals surface area (Å²) in [6.07, 6.45) is 5.53. The average molecular weight is 608 g/mol. The number of halogens is 1. The summed E-state index contributed by atoms with van der Waals surface area (Å²) in [5, 5.41) is 6.82. The van der Waals surface area contributed by atoms with Gasteiger partial charge in [0.25, 0.3) is 0 Å². The van der Waals surface area contributed by atoms with E-state index in [0.29, 0.717) is 29.5 Å². The van der Waals surface area contributed by atoms with Gasteiger partial charge >= 0.3 is 5.56 Å². The van der Waals surface area contributed by atoms with Gasteiger partial charge in [0.1, 0.15) is 5.69 Å². The van der Waals surface area contributed by atoms with Crippen molar-refractivity contribution in [3.8, 4) is 11.4 Å². The van der Waals surface area contributed by atoms with E-state index in [0.717, 1.165) is 42.1 Å². The van der Waals surface area contributed by atoms with Gasteiger partial charge in [-0.05, 0) is 78.9 Å². The van der Waals surface area contributed by atoms with Crippen LogP contribution in [0, 0.1) is 0 Å². The lowest BCUT2D eigenvalue weighted by Crippen LogP contribution is -2.49. The van der Waals surface area contributed by atoms with Gasteiger partial charge in [0.15, 0.2) is 0 Å². The predicted octanol–water partition coefficient (Wildman–Crippen LogP) is 4.94. The summed E-state index contributed by atoms with van der Waals surface area (Å²) in [4.78, 5) is 18.0. The number of fused-ring (bicyclic) bond motifs is 1. The van der Waals surface area contributed by atoms with E-state index in [1.165, 1.54) is 8.99 Å². The molecule has 0 N–H and O–H groups in total. The Morgan fingerprint density at radius 1 is 0.929 bits per heavy atom. The van der Waals surface area contributed by atoms with Gasteiger partial charge in [-0.25, -0.2) is 8.42 Å². The molecule has 42 heavy (non-hydrogen) atoms. The Bertz CT molecular complexity index is 1780. The normalized spacial score (nSPS) is 16.7. The molecule has 1 aliphatic carbocycles. The summed E-state index contributed by atoms with van der Waals surface area (Å²) in [6, 6.07) is 18.2. The van der Waals surface area contributed by atoms with Crippen molar-refractivity contribution >= 4 is 43.8 Å². The molecule has 0 unspecified atom stereocenters. The first-order chi connectivity index (χ1) is 20.2. The second-order valence-electron chi connectivity index (χ2n) is 11.1. The van der Waals surface area contributed by atoms with Crippen LogP contribution in [0.15, 0.2) is 76.6 Å². The lowest BCUT2D eigenvalue weighted by molar-refractivity contribution is 0.205. The highest BCUT2D eigenvalue weighted by molar-refractivity contribution is 7.89. The highest BCUT2D eigenvalue weighted by Crippen LogP contribution is 2.32. The molecule has 1 saturated carbocycles. The maximum Gasteiger partial charge on any atom is 0.316 e. The first-order valence-electron chi connectivity index (χ1n) is 14.2. The number of hydrogen-bond donors (Lipinski definition) is 0. The van der Waals surface area contributed by atoms with E-state index in [9.17, 15) is 13.2 Å². The molecule has 2 aliphatic rings. The summed E-state index contributed by atoms with van der Waals surface area (Å²) in [6.45, 7) is 1.37. The quantitative estimate of drug-likeness (QED) is 0.294. The van der Waals surface area contributed by atoms with Crippen molar-refractivity contribution in [2.75, 3.05) is 50.1 Å². The zero-order chi connectivity index (χ0) is 29.4. The second kappa shape index (κ2) is 11.6. The molecule has 1 saturated heterocycles. The van der Waals surface area contributed by atoms with E-state index in [2.05, 4.69) is 5.10 Å². The fraction of sp³-hybridized carbons (Fsp3) is 0.355. The second-order valence-corrected chi connectivity index (χ2v) is 13.4. The SMILES string of the molecule is CN(C)c1ccc2cc(S(=O)(=O)N3CCN(c4cnn(-c5cccc(Cl)c5)c(=O)c4OC4CCCC4)CC3)ccc2c1. The highest BCUT2D eigenvalue weighted by atomic mass is 35.5. The number of nitrogens with zero attached hydrogens (tertiary/aromatic N) is 5. The van der Waals surface area contributed by atoms with Crippen LogP contribution in [0.4, 0.5) is 11.4 Å². The molecule has 9 nitrogen and oxygen atoms in total. The van der Waals surface area contributed by atoms with Gasteiger partial charge < -0.3 is 14.5 Å². The molecule has 6 rings (SSSR count). The Morgan fingerprint density at radius 3 is 2.36 bits per heavy atom. The van der Waals surface area contributed by atoms with Gasteiger partial charge in [0.2, 0.25) is 15.8 Å². The van der Waals surface area contributed by atoms with Crippen LogP contribution in [0.3, 0.4) is 0 Å². The number of anilines is 2. The Kier molecular flexibility index (Phi) is 7.87. The number of rotatable bonds is 7. The molecule has 4 aromatic rings. The number of ether oxygens (including phenoxy) is 1. The first kappa shape index (κ1) is 28.5. The van der Waals surface area contributed by atoms with Gasteiger partial charge in [0, 0.05) is 51.0 Å². The number of aromatic nitrogens is 2. The van der Waals surface area contributed by atoms with Crippen molar-refractivity contribution in [3.05, 3.63) is 82.2 Å². The largest absolute Gasteiger partial charge is 0.483 e. The number of benzene rings is 3. The van der Waals surface area contributed by atoms with Crippen molar-refractivity contribution in [1.29, 1.82) is 0 Å². The van der Waals surface area contributed by atoms with E-state index in [1.807, 2.05) is 48.2 Å². The Hall–Kier alpha value is -3.60. The van der Waals surface area contributed by atoms with Gasteiger partial charge in [-0.15, -0.1) is 0 Å². The molecule has 2 fully saturated rings. The van der Waals surface area contributed by atoms with Crippen molar-refractivity contribution in [3.63, 3.8) is 0 Å². The summed E-state index contributed by atoms with van der Waals surface area (Å²) >= 11 is 6.18. The summed E-state index contributed by atoms with van der Waals surface area (Å²) in [5.74, 6) is 0.250. The van der Waals surface area contributed by atoms with Gasteiger partial charge in [-0.1, -0.05) is 29.8 Å². The van der Waals surface area contributed by atoms with Crippen LogP contribution in [-0.2, 0) is 10.0 Å². The Morgan fingerprint density at radius 2 is 1.64 bits per heavy atom. The number of hydrogen-bond acceptors (Lipinski definition) is 7. The van der Waals surface area contributed by atoms with E-state index in [4.69, 9.17) is 16.3 Å². The standard InChI is InChI=1S/C31H34ClN5O4S/c1-34(2)25-12-10-23-19-28(13-11-22(23)18-25)42(39,40)36-16-14-35(15-17-36)29-21-33-37(26-7-5-6-24(32)20-26)31(38)30(29)41-27-8-3-4-9-27/h5-7,10-13,18-21,27H,3-4,8-9,14-17H2,1-2H3. The molecular weight excluding hydrogens is 574 g/mol. The van der Waals surface area contributed by atoms with Gasteiger partial charge in [0.05, 0.1) is 22.9 Å². The molecule has 3 aromatic carbocycles. The van der Waals surface area contributed by atoms with Crippen LogP contribution in [0.25, 0.3) is 16.5 Å². The maximum absolute atomic E-state index is 13.7. The van der Waals surface area contributed by atoms with Crippen molar-refractivity contribution in [2.24, 2.45) is 0 Å². The minimum Gasteiger partial charge on any atom is -0.483 e. The van der Waals surface area contributed by atoms with Crippen LogP contribution in [-0.4, -0.2) is 68.9 Å². The summed E-state index contributed by atoms with van der Waals surface area (Å²) in [7, 11) is 0.254. The number of piperazine rings is 1. The maximum atomic E-state index is 13.7. The minimum absolute atomic E-state index is 0.0324. The summed E-state index contributed by atoms with van der Waals surface area (Å²) < 4.78 is 36.4. The molecule has 0 spiro atoms. The lowest BCUT2D eigenvalue weighted by Gasteiger charge is -2.36. The molecule has 0 radical (unpaired) electrons. The van der Waals surface area contributed by atoms with Crippen molar-refractivity contribution in [2.45, 2.75) is 36.7 Å². The van der Waals surface area contributed by atoms with Gasteiger partial charge in [-0.3, -0.25) is 4.79 Å². The van der Waals surface area contributed by atoms with E-state index in [-0.39, 0.29) is 35.4 Å². The lowest BCUT2D eigenvalue weighted by atomic mass is 10.1. The minimum atomic E-state index is -3.70. The van der Waals surface area contributed by atoms with Crippen LogP contribution in [0.2, 0.25) is 5.02 Å². The van der Waals surface area contributed by atoms with Crippen LogP contribution in [0.1, 0.15) is 25.7 Å². The summed E-state index contributed by atoms with van der Waals surface area (Å²) in [5.41, 5.74) is 1.84. The Labute approximate surface area is 250 Å². The molecule has 1 aliphatic heterocycles. The predicted molar refractivity (Wildman–Crippen MR) is 167 cm³/mol. The van der Waals surface area contributed by atoms with Gasteiger partial charge in [-0.2, -0.15) is 14.1 Å². The van der Waals surface area contributed by atoms with Crippen molar-refractivity contribution in [1.82, 2.24) is 14.1 Å². The molecule has 1 aromatic heterocycles. The molecule has 0 bridgehead atoms. The third-order valence-corrected chi connectivity index (χ3v) is 10.2. The smallest absolute Gasteiger partial charge is 0.316 e. The van der Waals surface area contributed by atoms with Crippen molar-refractivity contribution < 1.29 is 13.2 Å². The molecule has 220 valence electrons. The van der Waals surface area contributed by atoms with E-state index >= 15 is 0 Å². The third kappa shape index (κ3) is 5.58. The molecule has 2 heterocycles. The van der Waals surface area contributed by atoms with Crippen LogP contribution < -0.4 is 20.1 Å². The average Bonchev–Trinajstić information content (AvgIpc) is 3.51. The monoisotopic (exact) mass is 607 g/mol. The fourth-order valence-corrected chi connectivity index (χ4v) is 7.34. The molecule has 0 atom stereocenters. The fourth-order valence-electron chi connectivity index (χ4n) is 5.70. The third-order valence-electron chi connectivity index (χ3n) is 8.08. The number of sulfonamides is 1. The highest BCUT2D eigenvalue weighted by Gasteiger charge is 2.31. The topological polar surface area (TPSA) is 88.0 Å². The van der Waals surface area contributed by atoms with E-state index in [1.54, 1.807) is 42.6 Å². The zero-order valence-corrected chi connectivity index (χ0v) is 25.3. The molecule has 11 heteroatoms. The Balaban J connectivity index is 1.25. The molecule has 0 amide bonds. The molecular formula is C31H34ClN5O4S.